The zero-order valence-electron chi connectivity index (χ0n) is 10.6. The van der Waals surface area contributed by atoms with Crippen molar-refractivity contribution in [3.63, 3.8) is 0 Å². The van der Waals surface area contributed by atoms with Crippen LogP contribution in [0.25, 0.3) is 0 Å². The lowest BCUT2D eigenvalue weighted by atomic mass is 9.99. The smallest absolute Gasteiger partial charge is 0.127 e. The average Bonchev–Trinajstić information content (AvgIpc) is 2.18. The first-order chi connectivity index (χ1) is 7.20. The van der Waals surface area contributed by atoms with Crippen LogP contribution >= 0.6 is 0 Å². The molecule has 90 valence electrons. The SMILES string of the molecule is CC.CC(C)CN1CCOC2(COC2)C1. The molecule has 0 unspecified atom stereocenters. The van der Waals surface area contributed by atoms with Gasteiger partial charge in [0.05, 0.1) is 19.8 Å². The van der Waals surface area contributed by atoms with Crippen molar-refractivity contribution in [2.75, 3.05) is 39.5 Å². The Kier molecular flexibility index (Phi) is 5.03. The maximum Gasteiger partial charge on any atom is 0.127 e. The van der Waals surface area contributed by atoms with Gasteiger partial charge in [0, 0.05) is 19.6 Å². The Bertz CT molecular complexity index is 178. The molecule has 0 N–H and O–H groups in total. The second kappa shape index (κ2) is 5.83. The molecule has 15 heavy (non-hydrogen) atoms. The van der Waals surface area contributed by atoms with E-state index in [1.807, 2.05) is 13.8 Å². The third kappa shape index (κ3) is 3.44. The van der Waals surface area contributed by atoms with Gasteiger partial charge in [0.2, 0.25) is 0 Å². The predicted molar refractivity (Wildman–Crippen MR) is 62.1 cm³/mol. The highest BCUT2D eigenvalue weighted by Crippen LogP contribution is 2.26. The topological polar surface area (TPSA) is 21.7 Å². The fourth-order valence-electron chi connectivity index (χ4n) is 2.10. The summed E-state index contributed by atoms with van der Waals surface area (Å²) in [4.78, 5) is 2.50. The quantitative estimate of drug-likeness (QED) is 0.701. The first-order valence-electron chi connectivity index (χ1n) is 6.14. The van der Waals surface area contributed by atoms with Crippen LogP contribution in [-0.4, -0.2) is 50.0 Å². The second-order valence-electron chi connectivity index (χ2n) is 4.65. The van der Waals surface area contributed by atoms with E-state index in [9.17, 15) is 0 Å². The molecule has 0 bridgehead atoms. The standard InChI is InChI=1S/C10H19NO2.C2H6/c1-9(2)5-11-3-4-13-10(6-11)7-12-8-10;1-2/h9H,3-8H2,1-2H3;1-2H3. The average molecular weight is 215 g/mol. The van der Waals surface area contributed by atoms with Crippen molar-refractivity contribution in [3.8, 4) is 0 Å². The van der Waals surface area contributed by atoms with Crippen LogP contribution in [0.1, 0.15) is 27.7 Å². The molecule has 3 heteroatoms. The Labute approximate surface area is 93.7 Å². The van der Waals surface area contributed by atoms with E-state index in [1.165, 1.54) is 6.54 Å². The van der Waals surface area contributed by atoms with E-state index in [1.54, 1.807) is 0 Å². The van der Waals surface area contributed by atoms with E-state index >= 15 is 0 Å². The molecule has 0 radical (unpaired) electrons. The fraction of sp³-hybridized carbons (Fsp3) is 1.00. The predicted octanol–water partition coefficient (Wildman–Crippen LogP) is 1.77. The summed E-state index contributed by atoms with van der Waals surface area (Å²) in [5.41, 5.74) is 0.0626. The lowest BCUT2D eigenvalue weighted by Crippen LogP contribution is -2.63. The largest absolute Gasteiger partial charge is 0.375 e. The molecule has 2 fully saturated rings. The molecule has 2 aliphatic rings. The number of ether oxygens (including phenoxy) is 2. The highest BCUT2D eigenvalue weighted by molar-refractivity contribution is 4.93. The first-order valence-corrected chi connectivity index (χ1v) is 6.14. The number of rotatable bonds is 2. The van der Waals surface area contributed by atoms with Crippen LogP contribution in [0, 0.1) is 5.92 Å². The molecular formula is C12H25NO2. The van der Waals surface area contributed by atoms with Crippen LogP contribution in [0.5, 0.6) is 0 Å². The van der Waals surface area contributed by atoms with Crippen LogP contribution in [0.2, 0.25) is 0 Å². The molecule has 0 aromatic rings. The maximum atomic E-state index is 5.75. The van der Waals surface area contributed by atoms with Crippen molar-refractivity contribution in [1.29, 1.82) is 0 Å². The van der Waals surface area contributed by atoms with Crippen molar-refractivity contribution >= 4 is 0 Å². The Balaban J connectivity index is 0.000000531. The normalized spacial score (nSPS) is 24.6. The maximum absolute atomic E-state index is 5.75. The second-order valence-corrected chi connectivity index (χ2v) is 4.65. The van der Waals surface area contributed by atoms with Crippen LogP contribution < -0.4 is 0 Å². The van der Waals surface area contributed by atoms with Gasteiger partial charge in [0.1, 0.15) is 5.60 Å². The molecule has 0 aromatic heterocycles. The molecule has 0 saturated carbocycles. The summed E-state index contributed by atoms with van der Waals surface area (Å²) in [6.07, 6.45) is 0. The number of hydrogen-bond donors (Lipinski definition) is 0. The summed E-state index contributed by atoms with van der Waals surface area (Å²) >= 11 is 0. The summed E-state index contributed by atoms with van der Waals surface area (Å²) in [5, 5.41) is 0. The van der Waals surface area contributed by atoms with E-state index in [4.69, 9.17) is 9.47 Å². The van der Waals surface area contributed by atoms with Gasteiger partial charge in [-0.2, -0.15) is 0 Å². The van der Waals surface area contributed by atoms with Gasteiger partial charge in [0.25, 0.3) is 0 Å². The van der Waals surface area contributed by atoms with Crippen molar-refractivity contribution in [2.45, 2.75) is 33.3 Å². The summed E-state index contributed by atoms with van der Waals surface area (Å²) in [7, 11) is 0. The van der Waals surface area contributed by atoms with Gasteiger partial charge in [-0.15, -0.1) is 0 Å². The molecule has 0 aromatic carbocycles. The zero-order valence-corrected chi connectivity index (χ0v) is 10.6. The van der Waals surface area contributed by atoms with Gasteiger partial charge < -0.3 is 9.47 Å². The zero-order chi connectivity index (χ0) is 11.3. The van der Waals surface area contributed by atoms with Crippen molar-refractivity contribution in [3.05, 3.63) is 0 Å². The van der Waals surface area contributed by atoms with Gasteiger partial charge in [0.15, 0.2) is 0 Å². The van der Waals surface area contributed by atoms with Crippen LogP contribution in [0.4, 0.5) is 0 Å². The molecule has 0 aliphatic carbocycles. The summed E-state index contributed by atoms with van der Waals surface area (Å²) in [5.74, 6) is 0.746. The minimum atomic E-state index is 0.0626. The minimum absolute atomic E-state index is 0.0626. The number of morpholine rings is 1. The van der Waals surface area contributed by atoms with E-state index in [2.05, 4.69) is 18.7 Å². The molecule has 2 heterocycles. The molecule has 0 atom stereocenters. The fourth-order valence-corrected chi connectivity index (χ4v) is 2.10. The van der Waals surface area contributed by atoms with Crippen molar-refractivity contribution in [1.82, 2.24) is 4.90 Å². The van der Waals surface area contributed by atoms with E-state index < -0.39 is 0 Å². The number of hydrogen-bond acceptors (Lipinski definition) is 3. The van der Waals surface area contributed by atoms with E-state index in [0.717, 1.165) is 38.8 Å². The summed E-state index contributed by atoms with van der Waals surface area (Å²) in [6.45, 7) is 14.3. The van der Waals surface area contributed by atoms with Crippen LogP contribution in [0.15, 0.2) is 0 Å². The minimum Gasteiger partial charge on any atom is -0.375 e. The lowest BCUT2D eigenvalue weighted by molar-refractivity contribution is -0.238. The third-order valence-corrected chi connectivity index (χ3v) is 2.68. The molecule has 2 saturated heterocycles. The molecule has 1 spiro atoms. The van der Waals surface area contributed by atoms with Gasteiger partial charge in [-0.1, -0.05) is 27.7 Å². The molecule has 0 amide bonds. The molecule has 2 rings (SSSR count). The van der Waals surface area contributed by atoms with E-state index in [-0.39, 0.29) is 5.60 Å². The van der Waals surface area contributed by atoms with Gasteiger partial charge >= 0.3 is 0 Å². The van der Waals surface area contributed by atoms with Gasteiger partial charge in [-0.3, -0.25) is 4.90 Å². The molecule has 3 nitrogen and oxygen atoms in total. The van der Waals surface area contributed by atoms with Crippen LogP contribution in [0.3, 0.4) is 0 Å². The van der Waals surface area contributed by atoms with Crippen LogP contribution in [-0.2, 0) is 9.47 Å². The van der Waals surface area contributed by atoms with Gasteiger partial charge in [-0.05, 0) is 5.92 Å². The Hall–Kier alpha value is -0.120. The summed E-state index contributed by atoms with van der Waals surface area (Å²) in [6, 6.07) is 0. The van der Waals surface area contributed by atoms with Crippen molar-refractivity contribution < 1.29 is 9.47 Å². The highest BCUT2D eigenvalue weighted by atomic mass is 16.6. The number of nitrogens with zero attached hydrogens (tertiary/aromatic N) is 1. The Morgan fingerprint density at radius 3 is 2.40 bits per heavy atom. The van der Waals surface area contributed by atoms with Crippen molar-refractivity contribution in [2.24, 2.45) is 5.92 Å². The Morgan fingerprint density at radius 2 is 1.93 bits per heavy atom. The van der Waals surface area contributed by atoms with Gasteiger partial charge in [-0.25, -0.2) is 0 Å². The summed E-state index contributed by atoms with van der Waals surface area (Å²) < 4.78 is 11.0. The monoisotopic (exact) mass is 215 g/mol. The molecular weight excluding hydrogens is 190 g/mol. The Morgan fingerprint density at radius 1 is 1.27 bits per heavy atom. The lowest BCUT2D eigenvalue weighted by Gasteiger charge is -2.48. The highest BCUT2D eigenvalue weighted by Gasteiger charge is 2.43. The molecule has 2 aliphatic heterocycles. The van der Waals surface area contributed by atoms with E-state index in [0.29, 0.717) is 0 Å². The third-order valence-electron chi connectivity index (χ3n) is 2.68. The first kappa shape index (κ1) is 12.9.